The molecule has 1 aromatic carbocycles. The summed E-state index contributed by atoms with van der Waals surface area (Å²) in [6.07, 6.45) is 0.524. The van der Waals surface area contributed by atoms with Crippen LogP contribution in [0.3, 0.4) is 0 Å². The molecule has 1 aromatic heterocycles. The molecule has 0 spiro atoms. The van der Waals surface area contributed by atoms with E-state index in [0.29, 0.717) is 6.42 Å². The van der Waals surface area contributed by atoms with E-state index in [0.717, 1.165) is 34.9 Å². The Morgan fingerprint density at radius 1 is 1.43 bits per heavy atom. The number of hydrogen-bond donors (Lipinski definition) is 3. The first-order chi connectivity index (χ1) is 11.1. The van der Waals surface area contributed by atoms with Crippen LogP contribution in [-0.2, 0) is 4.79 Å². The van der Waals surface area contributed by atoms with Gasteiger partial charge in [-0.2, -0.15) is 11.8 Å². The van der Waals surface area contributed by atoms with Crippen molar-refractivity contribution in [2.75, 3.05) is 18.1 Å². The van der Waals surface area contributed by atoms with Crippen molar-refractivity contribution in [3.63, 3.8) is 0 Å². The zero-order valence-electron chi connectivity index (χ0n) is 13.6. The quantitative estimate of drug-likeness (QED) is 0.787. The van der Waals surface area contributed by atoms with Crippen molar-refractivity contribution in [1.29, 1.82) is 0 Å². The van der Waals surface area contributed by atoms with Gasteiger partial charge in [0.15, 0.2) is 0 Å². The maximum atomic E-state index is 12.4. The molecule has 2 aromatic rings. The summed E-state index contributed by atoms with van der Waals surface area (Å²) in [4.78, 5) is 20.4. The summed E-state index contributed by atoms with van der Waals surface area (Å²) in [6, 6.07) is 8.14. The van der Waals surface area contributed by atoms with E-state index in [4.69, 9.17) is 0 Å². The summed E-state index contributed by atoms with van der Waals surface area (Å²) in [5.41, 5.74) is 1.94. The van der Waals surface area contributed by atoms with Gasteiger partial charge in [0.1, 0.15) is 5.82 Å². The molecule has 0 saturated carbocycles. The molecule has 2 heterocycles. The first-order valence-electron chi connectivity index (χ1n) is 8.18. The molecule has 1 aliphatic heterocycles. The Balaban J connectivity index is 1.69. The van der Waals surface area contributed by atoms with Gasteiger partial charge in [0.25, 0.3) is 0 Å². The fraction of sp³-hybridized carbons (Fsp3) is 0.529. The minimum absolute atomic E-state index is 0.0872. The highest BCUT2D eigenvalue weighted by molar-refractivity contribution is 7.99. The lowest BCUT2D eigenvalue weighted by molar-refractivity contribution is -0.122. The van der Waals surface area contributed by atoms with Crippen molar-refractivity contribution in [2.24, 2.45) is 5.92 Å². The molecule has 1 amide bonds. The highest BCUT2D eigenvalue weighted by Crippen LogP contribution is 2.22. The van der Waals surface area contributed by atoms with Gasteiger partial charge in [-0.05, 0) is 18.1 Å². The standard InChI is InChI=1S/C17H24N4OS/c1-11(2)16(17-19-13-5-3-4-6-14(13)20-17)21-15(22)9-12-10-23-8-7-18-12/h3-6,11-12,16,18H,7-10H2,1-2H3,(H,19,20)(H,21,22). The van der Waals surface area contributed by atoms with Crippen LogP contribution in [0.4, 0.5) is 0 Å². The Bertz CT molecular complexity index is 630. The van der Waals surface area contributed by atoms with Crippen molar-refractivity contribution in [2.45, 2.75) is 32.4 Å². The van der Waals surface area contributed by atoms with Crippen LogP contribution in [-0.4, -0.2) is 40.0 Å². The van der Waals surface area contributed by atoms with Gasteiger partial charge in [-0.15, -0.1) is 0 Å². The average Bonchev–Trinajstić information content (AvgIpc) is 2.97. The van der Waals surface area contributed by atoms with Crippen molar-refractivity contribution in [3.8, 4) is 0 Å². The number of hydrogen-bond acceptors (Lipinski definition) is 4. The van der Waals surface area contributed by atoms with Gasteiger partial charge >= 0.3 is 0 Å². The molecular formula is C17H24N4OS. The molecule has 1 aliphatic rings. The van der Waals surface area contributed by atoms with E-state index in [2.05, 4.69) is 34.4 Å². The number of H-pyrrole nitrogens is 1. The number of imidazole rings is 1. The Hall–Kier alpha value is -1.53. The molecule has 2 unspecified atom stereocenters. The third-order valence-corrected chi connectivity index (χ3v) is 5.25. The normalized spacial score (nSPS) is 19.9. The van der Waals surface area contributed by atoms with E-state index < -0.39 is 0 Å². The van der Waals surface area contributed by atoms with Crippen LogP contribution >= 0.6 is 11.8 Å². The molecular weight excluding hydrogens is 308 g/mol. The lowest BCUT2D eigenvalue weighted by Gasteiger charge is -2.25. The minimum atomic E-state index is -0.0915. The summed E-state index contributed by atoms with van der Waals surface area (Å²) in [5.74, 6) is 3.33. The van der Waals surface area contributed by atoms with Crippen LogP contribution in [0.5, 0.6) is 0 Å². The van der Waals surface area contributed by atoms with Gasteiger partial charge in [0.2, 0.25) is 5.91 Å². The Morgan fingerprint density at radius 3 is 2.96 bits per heavy atom. The van der Waals surface area contributed by atoms with Crippen LogP contribution in [0.15, 0.2) is 24.3 Å². The van der Waals surface area contributed by atoms with Crippen LogP contribution in [0.2, 0.25) is 0 Å². The number of carbonyl (C=O) groups excluding carboxylic acids is 1. The molecule has 0 aliphatic carbocycles. The number of amides is 1. The van der Waals surface area contributed by atoms with E-state index in [1.807, 2.05) is 36.0 Å². The molecule has 0 radical (unpaired) electrons. The van der Waals surface area contributed by atoms with Crippen molar-refractivity contribution < 1.29 is 4.79 Å². The van der Waals surface area contributed by atoms with Crippen LogP contribution in [0.25, 0.3) is 11.0 Å². The molecule has 0 bridgehead atoms. The molecule has 6 heteroatoms. The lowest BCUT2D eigenvalue weighted by Crippen LogP contribution is -2.42. The zero-order valence-corrected chi connectivity index (χ0v) is 14.5. The number of thioether (sulfide) groups is 1. The lowest BCUT2D eigenvalue weighted by atomic mass is 10.0. The third-order valence-electron chi connectivity index (χ3n) is 4.12. The van der Waals surface area contributed by atoms with E-state index in [1.165, 1.54) is 0 Å². The number of benzene rings is 1. The maximum Gasteiger partial charge on any atom is 0.222 e. The number of fused-ring (bicyclic) bond motifs is 1. The Kier molecular flexibility index (Phi) is 5.23. The topological polar surface area (TPSA) is 69.8 Å². The first-order valence-corrected chi connectivity index (χ1v) is 9.34. The third kappa shape index (κ3) is 4.06. The SMILES string of the molecule is CC(C)C(NC(=O)CC1CSCCN1)c1nc2ccccc2[nH]1. The molecule has 3 N–H and O–H groups in total. The van der Waals surface area contributed by atoms with Gasteiger partial charge in [-0.25, -0.2) is 4.98 Å². The number of para-hydroxylation sites is 2. The number of carbonyl (C=O) groups is 1. The molecule has 124 valence electrons. The van der Waals surface area contributed by atoms with Crippen LogP contribution < -0.4 is 10.6 Å². The van der Waals surface area contributed by atoms with Crippen molar-refractivity contribution in [3.05, 3.63) is 30.1 Å². The van der Waals surface area contributed by atoms with E-state index in [1.54, 1.807) is 0 Å². The molecule has 2 atom stereocenters. The van der Waals surface area contributed by atoms with Gasteiger partial charge in [0.05, 0.1) is 17.1 Å². The van der Waals surface area contributed by atoms with Crippen molar-refractivity contribution >= 4 is 28.7 Å². The number of nitrogens with one attached hydrogen (secondary N) is 3. The first kappa shape index (κ1) is 16.3. The summed E-state index contributed by atoms with van der Waals surface area (Å²) in [7, 11) is 0. The van der Waals surface area contributed by atoms with E-state index in [-0.39, 0.29) is 23.9 Å². The molecule has 3 rings (SSSR count). The van der Waals surface area contributed by atoms with Gasteiger partial charge < -0.3 is 15.6 Å². The monoisotopic (exact) mass is 332 g/mol. The fourth-order valence-electron chi connectivity index (χ4n) is 2.88. The second kappa shape index (κ2) is 7.36. The highest BCUT2D eigenvalue weighted by atomic mass is 32.2. The number of rotatable bonds is 5. The molecule has 1 saturated heterocycles. The second-order valence-electron chi connectivity index (χ2n) is 6.36. The van der Waals surface area contributed by atoms with Gasteiger partial charge in [0, 0.05) is 30.5 Å². The van der Waals surface area contributed by atoms with Crippen LogP contribution in [0.1, 0.15) is 32.1 Å². The van der Waals surface area contributed by atoms with Gasteiger partial charge in [-0.3, -0.25) is 4.79 Å². The second-order valence-corrected chi connectivity index (χ2v) is 7.51. The number of aromatic amines is 1. The summed E-state index contributed by atoms with van der Waals surface area (Å²) < 4.78 is 0. The van der Waals surface area contributed by atoms with Crippen molar-refractivity contribution in [1.82, 2.24) is 20.6 Å². The number of aromatic nitrogens is 2. The molecule has 23 heavy (non-hydrogen) atoms. The van der Waals surface area contributed by atoms with E-state index >= 15 is 0 Å². The minimum Gasteiger partial charge on any atom is -0.346 e. The predicted molar refractivity (Wildman–Crippen MR) is 95.5 cm³/mol. The van der Waals surface area contributed by atoms with E-state index in [9.17, 15) is 4.79 Å². The smallest absolute Gasteiger partial charge is 0.222 e. The molecule has 5 nitrogen and oxygen atoms in total. The largest absolute Gasteiger partial charge is 0.346 e. The summed E-state index contributed by atoms with van der Waals surface area (Å²) in [6.45, 7) is 5.19. The predicted octanol–water partition coefficient (Wildman–Crippen LogP) is 2.47. The van der Waals surface area contributed by atoms with Gasteiger partial charge in [-0.1, -0.05) is 26.0 Å². The highest BCUT2D eigenvalue weighted by Gasteiger charge is 2.24. The fourth-order valence-corrected chi connectivity index (χ4v) is 3.83. The Labute approximate surface area is 141 Å². The Morgan fingerprint density at radius 2 is 2.26 bits per heavy atom. The molecule has 1 fully saturated rings. The maximum absolute atomic E-state index is 12.4. The summed E-state index contributed by atoms with van der Waals surface area (Å²) in [5, 5.41) is 6.57. The average molecular weight is 332 g/mol. The summed E-state index contributed by atoms with van der Waals surface area (Å²) >= 11 is 1.91. The number of nitrogens with zero attached hydrogens (tertiary/aromatic N) is 1. The zero-order chi connectivity index (χ0) is 16.2. The van der Waals surface area contributed by atoms with Crippen LogP contribution in [0, 0.1) is 5.92 Å².